The van der Waals surface area contributed by atoms with Crippen LogP contribution in [0.4, 0.5) is 11.4 Å². The second kappa shape index (κ2) is 8.27. The van der Waals surface area contributed by atoms with Gasteiger partial charge >= 0.3 is 0 Å². The Kier molecular flexibility index (Phi) is 5.80. The Hall–Kier alpha value is -3.12. The van der Waals surface area contributed by atoms with Crippen LogP contribution in [-0.2, 0) is 10.0 Å². The van der Waals surface area contributed by atoms with Crippen LogP contribution in [0.25, 0.3) is 0 Å². The quantitative estimate of drug-likeness (QED) is 0.627. The van der Waals surface area contributed by atoms with E-state index in [-0.39, 0.29) is 22.1 Å². The molecule has 0 saturated carbocycles. The van der Waals surface area contributed by atoms with Crippen LogP contribution in [0.15, 0.2) is 83.8 Å². The Morgan fingerprint density at radius 3 is 2.07 bits per heavy atom. The van der Waals surface area contributed by atoms with Gasteiger partial charge in [-0.1, -0.05) is 56.3 Å². The first-order valence-electron chi connectivity index (χ1n) is 8.95. The van der Waals surface area contributed by atoms with E-state index in [0.29, 0.717) is 11.6 Å². The molecule has 28 heavy (non-hydrogen) atoms. The predicted octanol–water partition coefficient (Wildman–Crippen LogP) is 4.86. The summed E-state index contributed by atoms with van der Waals surface area (Å²) in [7, 11) is -3.79. The van der Waals surface area contributed by atoms with Gasteiger partial charge in [-0.25, -0.2) is 8.42 Å². The van der Waals surface area contributed by atoms with Crippen molar-refractivity contribution in [2.24, 2.45) is 0 Å². The zero-order valence-electron chi connectivity index (χ0n) is 15.7. The highest BCUT2D eigenvalue weighted by molar-refractivity contribution is 7.92. The molecule has 0 spiro atoms. The molecule has 0 aromatic heterocycles. The van der Waals surface area contributed by atoms with Crippen molar-refractivity contribution < 1.29 is 13.2 Å². The lowest BCUT2D eigenvalue weighted by Crippen LogP contribution is -2.18. The third kappa shape index (κ3) is 4.58. The smallest absolute Gasteiger partial charge is 0.261 e. The highest BCUT2D eigenvalue weighted by Crippen LogP contribution is 2.22. The van der Waals surface area contributed by atoms with Gasteiger partial charge in [-0.15, -0.1) is 0 Å². The van der Waals surface area contributed by atoms with Crippen LogP contribution in [0.2, 0.25) is 0 Å². The van der Waals surface area contributed by atoms with E-state index in [1.807, 2.05) is 24.3 Å². The van der Waals surface area contributed by atoms with E-state index in [1.54, 1.807) is 42.5 Å². The van der Waals surface area contributed by atoms with Gasteiger partial charge in [-0.2, -0.15) is 0 Å². The van der Waals surface area contributed by atoms with Crippen molar-refractivity contribution in [3.8, 4) is 0 Å². The molecule has 6 heteroatoms. The second-order valence-corrected chi connectivity index (χ2v) is 8.38. The summed E-state index contributed by atoms with van der Waals surface area (Å²) in [4.78, 5) is 12.9. The molecule has 2 N–H and O–H groups in total. The van der Waals surface area contributed by atoms with Crippen LogP contribution >= 0.6 is 0 Å². The Morgan fingerprint density at radius 2 is 1.43 bits per heavy atom. The second-order valence-electron chi connectivity index (χ2n) is 6.69. The van der Waals surface area contributed by atoms with Crippen LogP contribution in [0, 0.1) is 0 Å². The van der Waals surface area contributed by atoms with Gasteiger partial charge in [-0.3, -0.25) is 9.52 Å². The molecular weight excluding hydrogens is 372 g/mol. The molecule has 5 nitrogen and oxygen atoms in total. The van der Waals surface area contributed by atoms with Gasteiger partial charge in [0.15, 0.2) is 0 Å². The zero-order valence-corrected chi connectivity index (χ0v) is 16.5. The fourth-order valence-corrected chi connectivity index (χ4v) is 3.82. The van der Waals surface area contributed by atoms with Crippen molar-refractivity contribution in [1.82, 2.24) is 0 Å². The Morgan fingerprint density at radius 1 is 0.821 bits per heavy atom. The van der Waals surface area contributed by atoms with Gasteiger partial charge in [0.2, 0.25) is 0 Å². The maximum atomic E-state index is 12.7. The number of hydrogen-bond donors (Lipinski definition) is 2. The van der Waals surface area contributed by atoms with E-state index in [0.717, 1.165) is 0 Å². The maximum Gasteiger partial charge on any atom is 0.261 e. The number of benzene rings is 3. The summed E-state index contributed by atoms with van der Waals surface area (Å²) in [5.74, 6) is 0.0153. The first-order chi connectivity index (χ1) is 13.4. The summed E-state index contributed by atoms with van der Waals surface area (Å²) in [6, 6.07) is 22.2. The average molecular weight is 394 g/mol. The van der Waals surface area contributed by atoms with Gasteiger partial charge in [0, 0.05) is 5.69 Å². The van der Waals surface area contributed by atoms with Gasteiger partial charge in [0.1, 0.15) is 0 Å². The van der Waals surface area contributed by atoms with E-state index >= 15 is 0 Å². The molecule has 0 bridgehead atoms. The molecule has 0 aliphatic heterocycles. The van der Waals surface area contributed by atoms with Gasteiger partial charge in [0.05, 0.1) is 16.1 Å². The molecule has 1 amide bonds. The predicted molar refractivity (Wildman–Crippen MR) is 112 cm³/mol. The fourth-order valence-electron chi connectivity index (χ4n) is 2.72. The molecule has 0 radical (unpaired) electrons. The van der Waals surface area contributed by atoms with Crippen molar-refractivity contribution in [3.05, 3.63) is 90.0 Å². The first-order valence-corrected chi connectivity index (χ1v) is 10.4. The van der Waals surface area contributed by atoms with E-state index in [4.69, 9.17) is 0 Å². The highest BCUT2D eigenvalue weighted by atomic mass is 32.2. The number of anilines is 2. The molecule has 0 aliphatic rings. The van der Waals surface area contributed by atoms with Crippen molar-refractivity contribution in [2.75, 3.05) is 10.0 Å². The molecule has 0 atom stereocenters. The molecular formula is C22H22N2O3S. The molecule has 0 heterocycles. The monoisotopic (exact) mass is 394 g/mol. The van der Waals surface area contributed by atoms with Crippen LogP contribution in [-0.4, -0.2) is 14.3 Å². The highest BCUT2D eigenvalue weighted by Gasteiger charge is 2.18. The summed E-state index contributed by atoms with van der Waals surface area (Å²) in [6.07, 6.45) is 0. The van der Waals surface area contributed by atoms with Crippen LogP contribution in [0.5, 0.6) is 0 Å². The average Bonchev–Trinajstić information content (AvgIpc) is 2.69. The first kappa shape index (κ1) is 19.6. The van der Waals surface area contributed by atoms with Gasteiger partial charge in [0.25, 0.3) is 15.9 Å². The van der Waals surface area contributed by atoms with E-state index in [9.17, 15) is 13.2 Å². The largest absolute Gasteiger partial charge is 0.322 e. The zero-order chi connectivity index (χ0) is 20.1. The SMILES string of the molecule is CC(C)c1ccc(NC(=O)c2ccccc2NS(=O)(=O)c2ccccc2)cc1. The number of para-hydroxylation sites is 1. The number of amides is 1. The van der Waals surface area contributed by atoms with E-state index in [2.05, 4.69) is 23.9 Å². The third-order valence-corrected chi connectivity index (χ3v) is 5.69. The lowest BCUT2D eigenvalue weighted by atomic mass is 10.0. The van der Waals surface area contributed by atoms with Crippen LogP contribution in [0.1, 0.15) is 35.7 Å². The van der Waals surface area contributed by atoms with E-state index in [1.165, 1.54) is 17.7 Å². The van der Waals surface area contributed by atoms with Crippen molar-refractivity contribution in [3.63, 3.8) is 0 Å². The molecule has 0 unspecified atom stereocenters. The molecule has 3 aromatic carbocycles. The standard InChI is InChI=1S/C22H22N2O3S/c1-16(2)17-12-14-18(15-13-17)23-22(25)20-10-6-7-11-21(20)24-28(26,27)19-8-4-3-5-9-19/h3-16,24H,1-2H3,(H,23,25). The normalized spacial score (nSPS) is 11.2. The Labute approximate surface area is 165 Å². The van der Waals surface area contributed by atoms with Crippen molar-refractivity contribution in [2.45, 2.75) is 24.7 Å². The minimum atomic E-state index is -3.79. The van der Waals surface area contributed by atoms with Crippen LogP contribution < -0.4 is 10.0 Å². The molecule has 3 rings (SSSR count). The van der Waals surface area contributed by atoms with Crippen LogP contribution in [0.3, 0.4) is 0 Å². The minimum absolute atomic E-state index is 0.134. The summed E-state index contributed by atoms with van der Waals surface area (Å²) < 4.78 is 27.7. The Bertz CT molecular complexity index is 1060. The minimum Gasteiger partial charge on any atom is -0.322 e. The topological polar surface area (TPSA) is 75.3 Å². The summed E-state index contributed by atoms with van der Waals surface area (Å²) in [6.45, 7) is 4.20. The van der Waals surface area contributed by atoms with E-state index < -0.39 is 10.0 Å². The van der Waals surface area contributed by atoms with Gasteiger partial charge < -0.3 is 5.32 Å². The summed E-state index contributed by atoms with van der Waals surface area (Å²) in [5, 5.41) is 2.82. The number of hydrogen-bond acceptors (Lipinski definition) is 3. The van der Waals surface area contributed by atoms with Crippen molar-refractivity contribution >= 4 is 27.3 Å². The fraction of sp³-hybridized carbons (Fsp3) is 0.136. The number of carbonyl (C=O) groups excluding carboxylic acids is 1. The lowest BCUT2D eigenvalue weighted by Gasteiger charge is -2.13. The summed E-state index contributed by atoms with van der Waals surface area (Å²) >= 11 is 0. The third-order valence-electron chi connectivity index (χ3n) is 4.30. The molecule has 144 valence electrons. The molecule has 0 aliphatic carbocycles. The lowest BCUT2D eigenvalue weighted by molar-refractivity contribution is 0.102. The number of rotatable bonds is 6. The van der Waals surface area contributed by atoms with Gasteiger partial charge in [-0.05, 0) is 47.9 Å². The molecule has 3 aromatic rings. The number of carbonyl (C=O) groups is 1. The summed E-state index contributed by atoms with van der Waals surface area (Å²) in [5.41, 5.74) is 2.29. The number of nitrogens with one attached hydrogen (secondary N) is 2. The van der Waals surface area contributed by atoms with Crippen molar-refractivity contribution in [1.29, 1.82) is 0 Å². The maximum absolute atomic E-state index is 12.7. The molecule has 0 fully saturated rings. The number of sulfonamides is 1. The Balaban J connectivity index is 1.82. The molecule has 0 saturated heterocycles.